The zero-order chi connectivity index (χ0) is 12.8. The van der Waals surface area contributed by atoms with E-state index in [-0.39, 0.29) is 11.9 Å². The van der Waals surface area contributed by atoms with Gasteiger partial charge in [-0.15, -0.1) is 0 Å². The highest BCUT2D eigenvalue weighted by atomic mass is 16.5. The van der Waals surface area contributed by atoms with Gasteiger partial charge in [-0.2, -0.15) is 0 Å². The van der Waals surface area contributed by atoms with Crippen molar-refractivity contribution in [2.75, 3.05) is 6.61 Å². The summed E-state index contributed by atoms with van der Waals surface area (Å²) in [6, 6.07) is 6.39. The van der Waals surface area contributed by atoms with Gasteiger partial charge in [0.05, 0.1) is 18.1 Å². The number of benzene rings is 1. The topological polar surface area (TPSA) is 52.6 Å². The summed E-state index contributed by atoms with van der Waals surface area (Å²) < 4.78 is 9.95. The Labute approximate surface area is 101 Å². The number of rotatable bonds is 4. The minimum absolute atomic E-state index is 0.207. The molecule has 0 heterocycles. The average Bonchev–Trinajstić information content (AvgIpc) is 2.29. The summed E-state index contributed by atoms with van der Waals surface area (Å²) in [7, 11) is 0. The highest BCUT2D eigenvalue weighted by Crippen LogP contribution is 2.15. The zero-order valence-electron chi connectivity index (χ0n) is 10.2. The van der Waals surface area contributed by atoms with Gasteiger partial charge in [0.25, 0.3) is 0 Å². The van der Waals surface area contributed by atoms with Gasteiger partial charge < -0.3 is 9.47 Å². The molecule has 0 fully saturated rings. The molecule has 0 aliphatic carbocycles. The molecular weight excluding hydrogens is 220 g/mol. The molecule has 0 atom stereocenters. The molecule has 0 saturated carbocycles. The number of carbonyl (C=O) groups excluding carboxylic acids is 2. The van der Waals surface area contributed by atoms with E-state index in [1.54, 1.807) is 39.0 Å². The fourth-order valence-corrected chi connectivity index (χ4v) is 1.13. The van der Waals surface area contributed by atoms with Gasteiger partial charge in [0.15, 0.2) is 0 Å². The van der Waals surface area contributed by atoms with Crippen molar-refractivity contribution in [1.29, 1.82) is 0 Å². The van der Waals surface area contributed by atoms with Crippen LogP contribution in [0.2, 0.25) is 0 Å². The lowest BCUT2D eigenvalue weighted by Crippen LogP contribution is -2.15. The number of hydrogen-bond donors (Lipinski definition) is 0. The summed E-state index contributed by atoms with van der Waals surface area (Å²) in [4.78, 5) is 22.8. The summed E-state index contributed by atoms with van der Waals surface area (Å²) in [6.45, 7) is 5.55. The van der Waals surface area contributed by atoms with Gasteiger partial charge in [0, 0.05) is 0 Å². The molecule has 0 spiro atoms. The quantitative estimate of drug-likeness (QED) is 0.595. The van der Waals surface area contributed by atoms with E-state index in [2.05, 4.69) is 0 Å². The summed E-state index contributed by atoms with van der Waals surface area (Å²) >= 11 is 0. The van der Waals surface area contributed by atoms with Crippen molar-refractivity contribution >= 4 is 11.9 Å². The summed E-state index contributed by atoms with van der Waals surface area (Å²) in [5, 5.41) is 0. The van der Waals surface area contributed by atoms with E-state index < -0.39 is 5.97 Å². The molecule has 0 saturated heterocycles. The van der Waals surface area contributed by atoms with Gasteiger partial charge >= 0.3 is 11.9 Å². The first-order valence-corrected chi connectivity index (χ1v) is 5.53. The van der Waals surface area contributed by atoms with Crippen molar-refractivity contribution < 1.29 is 19.1 Å². The Morgan fingerprint density at radius 3 is 2.59 bits per heavy atom. The third-order valence-electron chi connectivity index (χ3n) is 2.04. The molecule has 0 unspecified atom stereocenters. The van der Waals surface area contributed by atoms with Crippen molar-refractivity contribution in [1.82, 2.24) is 0 Å². The van der Waals surface area contributed by atoms with E-state index >= 15 is 0 Å². The van der Waals surface area contributed by atoms with Crippen LogP contribution < -0.4 is 4.74 Å². The SMILES string of the molecule is CCOC(=O)c1cccc(OC(=O)C(C)C)c1. The standard InChI is InChI=1S/C13H16O4/c1-4-16-13(15)10-6-5-7-11(8-10)17-12(14)9(2)3/h5-9H,4H2,1-3H3. The third kappa shape index (κ3) is 3.90. The second kappa shape index (κ2) is 6.03. The Morgan fingerprint density at radius 1 is 1.29 bits per heavy atom. The van der Waals surface area contributed by atoms with E-state index in [0.29, 0.717) is 17.9 Å². The minimum Gasteiger partial charge on any atom is -0.462 e. The third-order valence-corrected chi connectivity index (χ3v) is 2.04. The molecule has 1 rings (SSSR count). The average molecular weight is 236 g/mol. The zero-order valence-corrected chi connectivity index (χ0v) is 10.2. The minimum atomic E-state index is -0.421. The van der Waals surface area contributed by atoms with Gasteiger partial charge in [-0.1, -0.05) is 19.9 Å². The highest BCUT2D eigenvalue weighted by Gasteiger charge is 2.12. The van der Waals surface area contributed by atoms with Gasteiger partial charge in [0.1, 0.15) is 5.75 Å². The lowest BCUT2D eigenvalue weighted by Gasteiger charge is -2.07. The Balaban J connectivity index is 2.79. The fourth-order valence-electron chi connectivity index (χ4n) is 1.13. The molecule has 0 aliphatic rings. The predicted octanol–water partition coefficient (Wildman–Crippen LogP) is 2.42. The van der Waals surface area contributed by atoms with Crippen molar-refractivity contribution in [2.45, 2.75) is 20.8 Å². The van der Waals surface area contributed by atoms with Gasteiger partial charge in [-0.25, -0.2) is 4.79 Å². The number of ether oxygens (including phenoxy) is 2. The second-order valence-electron chi connectivity index (χ2n) is 3.82. The molecule has 0 aliphatic heterocycles. The van der Waals surface area contributed by atoms with Crippen LogP contribution in [0.1, 0.15) is 31.1 Å². The van der Waals surface area contributed by atoms with Crippen LogP contribution in [0.4, 0.5) is 0 Å². The first kappa shape index (κ1) is 13.2. The Bertz CT molecular complexity index is 410. The maximum absolute atomic E-state index is 11.5. The van der Waals surface area contributed by atoms with E-state index in [4.69, 9.17) is 9.47 Å². The van der Waals surface area contributed by atoms with Crippen LogP contribution in [-0.4, -0.2) is 18.5 Å². The van der Waals surface area contributed by atoms with Crippen LogP contribution in [0, 0.1) is 5.92 Å². The largest absolute Gasteiger partial charge is 0.462 e. The van der Waals surface area contributed by atoms with Crippen LogP contribution in [-0.2, 0) is 9.53 Å². The van der Waals surface area contributed by atoms with Crippen LogP contribution in [0.5, 0.6) is 5.75 Å². The number of esters is 2. The fraction of sp³-hybridized carbons (Fsp3) is 0.385. The highest BCUT2D eigenvalue weighted by molar-refractivity contribution is 5.90. The molecule has 4 nitrogen and oxygen atoms in total. The molecule has 1 aromatic carbocycles. The molecule has 0 N–H and O–H groups in total. The van der Waals surface area contributed by atoms with Gasteiger partial charge in [-0.05, 0) is 25.1 Å². The number of carbonyl (C=O) groups is 2. The molecule has 17 heavy (non-hydrogen) atoms. The first-order valence-electron chi connectivity index (χ1n) is 5.53. The molecule has 0 aromatic heterocycles. The smallest absolute Gasteiger partial charge is 0.338 e. The number of hydrogen-bond acceptors (Lipinski definition) is 4. The van der Waals surface area contributed by atoms with Gasteiger partial charge in [-0.3, -0.25) is 4.79 Å². The lowest BCUT2D eigenvalue weighted by atomic mass is 10.2. The molecule has 1 aromatic rings. The monoisotopic (exact) mass is 236 g/mol. The molecular formula is C13H16O4. The normalized spacial score (nSPS) is 10.1. The first-order chi connectivity index (χ1) is 8.04. The van der Waals surface area contributed by atoms with E-state index in [0.717, 1.165) is 0 Å². The Morgan fingerprint density at radius 2 is 2.00 bits per heavy atom. The molecule has 0 amide bonds. The summed E-state index contributed by atoms with van der Waals surface area (Å²) in [6.07, 6.45) is 0. The second-order valence-corrected chi connectivity index (χ2v) is 3.82. The molecule has 0 radical (unpaired) electrons. The Hall–Kier alpha value is -1.84. The van der Waals surface area contributed by atoms with Crippen LogP contribution in [0.25, 0.3) is 0 Å². The molecule has 4 heteroatoms. The Kier molecular flexibility index (Phi) is 4.69. The maximum Gasteiger partial charge on any atom is 0.338 e. The maximum atomic E-state index is 11.5. The van der Waals surface area contributed by atoms with E-state index in [9.17, 15) is 9.59 Å². The molecule has 0 bridgehead atoms. The van der Waals surface area contributed by atoms with Crippen molar-refractivity contribution in [3.8, 4) is 5.75 Å². The summed E-state index contributed by atoms with van der Waals surface area (Å²) in [5.74, 6) is -0.601. The van der Waals surface area contributed by atoms with Crippen LogP contribution in [0.15, 0.2) is 24.3 Å². The van der Waals surface area contributed by atoms with Crippen molar-refractivity contribution in [3.05, 3.63) is 29.8 Å². The van der Waals surface area contributed by atoms with Crippen LogP contribution >= 0.6 is 0 Å². The predicted molar refractivity (Wildman–Crippen MR) is 62.9 cm³/mol. The van der Waals surface area contributed by atoms with Crippen molar-refractivity contribution in [3.63, 3.8) is 0 Å². The van der Waals surface area contributed by atoms with E-state index in [1.165, 1.54) is 6.07 Å². The van der Waals surface area contributed by atoms with Crippen LogP contribution in [0.3, 0.4) is 0 Å². The van der Waals surface area contributed by atoms with Crippen molar-refractivity contribution in [2.24, 2.45) is 5.92 Å². The molecule has 92 valence electrons. The van der Waals surface area contributed by atoms with E-state index in [1.807, 2.05) is 0 Å². The summed E-state index contributed by atoms with van der Waals surface area (Å²) in [5.41, 5.74) is 0.376. The van der Waals surface area contributed by atoms with Gasteiger partial charge in [0.2, 0.25) is 0 Å². The lowest BCUT2D eigenvalue weighted by molar-refractivity contribution is -0.137.